The molecular formula is C15H21NO3. The van der Waals surface area contributed by atoms with Gasteiger partial charge in [0, 0.05) is 12.1 Å². The summed E-state index contributed by atoms with van der Waals surface area (Å²) >= 11 is 0. The van der Waals surface area contributed by atoms with E-state index in [1.807, 2.05) is 32.9 Å². The number of carboxylic acid groups (broad SMARTS) is 1. The number of carboxylic acids is 1. The Balaban J connectivity index is 2.66. The van der Waals surface area contributed by atoms with Crippen LogP contribution < -0.4 is 5.32 Å². The first-order valence-corrected chi connectivity index (χ1v) is 6.54. The van der Waals surface area contributed by atoms with Gasteiger partial charge in [-0.05, 0) is 31.9 Å². The van der Waals surface area contributed by atoms with Crippen LogP contribution >= 0.6 is 0 Å². The highest BCUT2D eigenvalue weighted by Crippen LogP contribution is 2.11. The predicted octanol–water partition coefficient (Wildman–Crippen LogP) is 2.53. The molecule has 4 nitrogen and oxygen atoms in total. The number of hydrogen-bond donors (Lipinski definition) is 2. The molecule has 1 amide bonds. The fraction of sp³-hybridized carbons (Fsp3) is 0.467. The predicted molar refractivity (Wildman–Crippen MR) is 74.3 cm³/mol. The summed E-state index contributed by atoms with van der Waals surface area (Å²) in [6.07, 6.45) is 1.36. The second kappa shape index (κ2) is 6.92. The fourth-order valence-corrected chi connectivity index (χ4v) is 2.04. The zero-order chi connectivity index (χ0) is 14.4. The summed E-state index contributed by atoms with van der Waals surface area (Å²) in [5.74, 6) is -1.58. The molecule has 0 radical (unpaired) electrons. The Morgan fingerprint density at radius 3 is 2.53 bits per heavy atom. The molecule has 1 aromatic carbocycles. The van der Waals surface area contributed by atoms with Gasteiger partial charge in [-0.1, -0.05) is 31.0 Å². The molecule has 4 heteroatoms. The zero-order valence-electron chi connectivity index (χ0n) is 11.7. The Bertz CT molecular complexity index is 468. The number of rotatable bonds is 6. The molecule has 104 valence electrons. The van der Waals surface area contributed by atoms with Crippen molar-refractivity contribution in [1.29, 1.82) is 0 Å². The number of aryl methyl sites for hydroxylation is 2. The molecule has 19 heavy (non-hydrogen) atoms. The summed E-state index contributed by atoms with van der Waals surface area (Å²) in [7, 11) is 0. The van der Waals surface area contributed by atoms with Crippen molar-refractivity contribution in [3.8, 4) is 0 Å². The normalized spacial score (nSPS) is 11.9. The van der Waals surface area contributed by atoms with E-state index < -0.39 is 11.9 Å². The lowest BCUT2D eigenvalue weighted by Gasteiger charge is -2.13. The van der Waals surface area contributed by atoms with Crippen LogP contribution in [0.2, 0.25) is 0 Å². The van der Waals surface area contributed by atoms with Crippen LogP contribution in [0.4, 0.5) is 0 Å². The topological polar surface area (TPSA) is 66.4 Å². The largest absolute Gasteiger partial charge is 0.481 e. The Morgan fingerprint density at radius 1 is 1.32 bits per heavy atom. The van der Waals surface area contributed by atoms with Gasteiger partial charge in [0.1, 0.15) is 0 Å². The molecule has 1 unspecified atom stereocenters. The molecule has 0 aliphatic heterocycles. The monoisotopic (exact) mass is 263 g/mol. The van der Waals surface area contributed by atoms with Crippen molar-refractivity contribution in [1.82, 2.24) is 5.32 Å². The van der Waals surface area contributed by atoms with Gasteiger partial charge in [-0.3, -0.25) is 9.59 Å². The van der Waals surface area contributed by atoms with E-state index in [0.717, 1.165) is 17.5 Å². The summed E-state index contributed by atoms with van der Waals surface area (Å²) in [4.78, 5) is 23.0. The summed E-state index contributed by atoms with van der Waals surface area (Å²) in [6.45, 7) is 5.95. The van der Waals surface area contributed by atoms with Crippen molar-refractivity contribution in [2.75, 3.05) is 6.54 Å². The molecular weight excluding hydrogens is 242 g/mol. The van der Waals surface area contributed by atoms with Crippen LogP contribution in [0.1, 0.15) is 41.3 Å². The molecule has 0 aromatic heterocycles. The number of carbonyl (C=O) groups is 2. The van der Waals surface area contributed by atoms with E-state index in [1.165, 1.54) is 0 Å². The summed E-state index contributed by atoms with van der Waals surface area (Å²) in [5.41, 5.74) is 2.61. The first-order valence-electron chi connectivity index (χ1n) is 6.54. The molecule has 1 rings (SSSR count). The van der Waals surface area contributed by atoms with Gasteiger partial charge in [-0.25, -0.2) is 0 Å². The lowest BCUT2D eigenvalue weighted by molar-refractivity contribution is -0.141. The SMILES string of the molecule is CCCC(CNC(=O)c1ccc(C)cc1C)C(=O)O. The maximum absolute atomic E-state index is 12.0. The van der Waals surface area contributed by atoms with Crippen molar-refractivity contribution in [3.05, 3.63) is 34.9 Å². The van der Waals surface area contributed by atoms with Gasteiger partial charge in [-0.2, -0.15) is 0 Å². The third kappa shape index (κ3) is 4.39. The van der Waals surface area contributed by atoms with Gasteiger partial charge in [0.2, 0.25) is 0 Å². The highest BCUT2D eigenvalue weighted by atomic mass is 16.4. The molecule has 0 heterocycles. The molecule has 0 saturated carbocycles. The van der Waals surface area contributed by atoms with E-state index in [2.05, 4.69) is 5.32 Å². The molecule has 0 aliphatic rings. The van der Waals surface area contributed by atoms with Gasteiger partial charge in [0.05, 0.1) is 5.92 Å². The molecule has 0 saturated heterocycles. The number of nitrogens with one attached hydrogen (secondary N) is 1. The van der Waals surface area contributed by atoms with Crippen LogP contribution in [-0.2, 0) is 4.79 Å². The van der Waals surface area contributed by atoms with Crippen molar-refractivity contribution < 1.29 is 14.7 Å². The number of hydrogen-bond acceptors (Lipinski definition) is 2. The molecule has 0 bridgehead atoms. The molecule has 0 spiro atoms. The number of amides is 1. The lowest BCUT2D eigenvalue weighted by atomic mass is 10.0. The smallest absolute Gasteiger partial charge is 0.308 e. The van der Waals surface area contributed by atoms with Crippen LogP contribution in [-0.4, -0.2) is 23.5 Å². The Labute approximate surface area is 113 Å². The van der Waals surface area contributed by atoms with Crippen LogP contribution in [0, 0.1) is 19.8 Å². The second-order valence-electron chi connectivity index (χ2n) is 4.85. The highest BCUT2D eigenvalue weighted by molar-refractivity contribution is 5.95. The molecule has 1 atom stereocenters. The minimum Gasteiger partial charge on any atom is -0.481 e. The van der Waals surface area contributed by atoms with E-state index in [-0.39, 0.29) is 12.5 Å². The van der Waals surface area contributed by atoms with Gasteiger partial charge >= 0.3 is 5.97 Å². The van der Waals surface area contributed by atoms with E-state index in [4.69, 9.17) is 5.11 Å². The maximum Gasteiger partial charge on any atom is 0.308 e. The maximum atomic E-state index is 12.0. The number of benzene rings is 1. The van der Waals surface area contributed by atoms with Crippen molar-refractivity contribution in [3.63, 3.8) is 0 Å². The fourth-order valence-electron chi connectivity index (χ4n) is 2.04. The van der Waals surface area contributed by atoms with E-state index in [9.17, 15) is 9.59 Å². The second-order valence-corrected chi connectivity index (χ2v) is 4.85. The Morgan fingerprint density at radius 2 is 2.00 bits per heavy atom. The van der Waals surface area contributed by atoms with Gasteiger partial charge in [-0.15, -0.1) is 0 Å². The first-order chi connectivity index (χ1) is 8.95. The molecule has 0 fully saturated rings. The van der Waals surface area contributed by atoms with E-state index in [1.54, 1.807) is 6.07 Å². The van der Waals surface area contributed by atoms with Crippen LogP contribution in [0.15, 0.2) is 18.2 Å². The Kier molecular flexibility index (Phi) is 5.55. The van der Waals surface area contributed by atoms with Crippen molar-refractivity contribution >= 4 is 11.9 Å². The highest BCUT2D eigenvalue weighted by Gasteiger charge is 2.18. The summed E-state index contributed by atoms with van der Waals surface area (Å²) < 4.78 is 0. The summed E-state index contributed by atoms with van der Waals surface area (Å²) in [5, 5.41) is 11.7. The van der Waals surface area contributed by atoms with Crippen LogP contribution in [0.3, 0.4) is 0 Å². The van der Waals surface area contributed by atoms with Gasteiger partial charge in [0.15, 0.2) is 0 Å². The average molecular weight is 263 g/mol. The molecule has 0 aliphatic carbocycles. The standard InChI is InChI=1S/C15H21NO3/c1-4-5-12(15(18)19)9-16-14(17)13-7-6-10(2)8-11(13)3/h6-8,12H,4-5,9H2,1-3H3,(H,16,17)(H,18,19). The number of carbonyl (C=O) groups excluding carboxylic acids is 1. The lowest BCUT2D eigenvalue weighted by Crippen LogP contribution is -2.33. The quantitative estimate of drug-likeness (QED) is 0.828. The molecule has 2 N–H and O–H groups in total. The van der Waals surface area contributed by atoms with Gasteiger partial charge in [0.25, 0.3) is 5.91 Å². The number of aliphatic carboxylic acids is 1. The van der Waals surface area contributed by atoms with Crippen molar-refractivity contribution in [2.24, 2.45) is 5.92 Å². The molecule has 1 aromatic rings. The minimum absolute atomic E-state index is 0.176. The van der Waals surface area contributed by atoms with Gasteiger partial charge < -0.3 is 10.4 Å². The van der Waals surface area contributed by atoms with Crippen LogP contribution in [0.5, 0.6) is 0 Å². The zero-order valence-corrected chi connectivity index (χ0v) is 11.7. The minimum atomic E-state index is -0.859. The first kappa shape index (κ1) is 15.2. The Hall–Kier alpha value is -1.84. The van der Waals surface area contributed by atoms with Crippen LogP contribution in [0.25, 0.3) is 0 Å². The third-order valence-electron chi connectivity index (χ3n) is 3.12. The van der Waals surface area contributed by atoms with E-state index in [0.29, 0.717) is 12.0 Å². The van der Waals surface area contributed by atoms with Crippen molar-refractivity contribution in [2.45, 2.75) is 33.6 Å². The summed E-state index contributed by atoms with van der Waals surface area (Å²) in [6, 6.07) is 5.59. The van der Waals surface area contributed by atoms with E-state index >= 15 is 0 Å². The third-order valence-corrected chi connectivity index (χ3v) is 3.12. The average Bonchev–Trinajstić information content (AvgIpc) is 2.33.